The first-order valence-corrected chi connectivity index (χ1v) is 6.57. The van der Waals surface area contributed by atoms with Crippen molar-refractivity contribution >= 4 is 35.6 Å². The lowest BCUT2D eigenvalue weighted by Gasteiger charge is -2.20. The average Bonchev–Trinajstić information content (AvgIpc) is 2.17. The standard InChI is InChI=1S/C8H8BF4O3S2/c1-5-7(9(10,11)12)2-6(4-17)3-8(5)16-18(13,14)15/h2-3,17H,4H2,1H3/q-1. The normalized spacial score (nSPS) is 12.6. The Balaban J connectivity index is 3.44. The van der Waals surface area contributed by atoms with Gasteiger partial charge in [-0.15, -0.1) is 5.46 Å². The van der Waals surface area contributed by atoms with E-state index in [1.165, 1.54) is 0 Å². The lowest BCUT2D eigenvalue weighted by molar-refractivity contribution is 0.438. The van der Waals surface area contributed by atoms with Crippen LogP contribution in [-0.4, -0.2) is 15.4 Å². The van der Waals surface area contributed by atoms with Gasteiger partial charge in [0.25, 0.3) is 0 Å². The van der Waals surface area contributed by atoms with Gasteiger partial charge < -0.3 is 17.1 Å². The zero-order chi connectivity index (χ0) is 14.1. The molecule has 0 aliphatic carbocycles. The highest BCUT2D eigenvalue weighted by atomic mass is 32.3. The van der Waals surface area contributed by atoms with Crippen LogP contribution in [0.25, 0.3) is 0 Å². The van der Waals surface area contributed by atoms with Gasteiger partial charge in [0.1, 0.15) is 5.75 Å². The molecule has 0 bridgehead atoms. The predicted molar refractivity (Wildman–Crippen MR) is 63.2 cm³/mol. The first kappa shape index (κ1) is 15.2. The predicted octanol–water partition coefficient (Wildman–Crippen LogP) is 2.07. The first-order valence-electron chi connectivity index (χ1n) is 4.63. The average molecular weight is 303 g/mol. The summed E-state index contributed by atoms with van der Waals surface area (Å²) in [6, 6.07) is 1.84. The van der Waals surface area contributed by atoms with Crippen molar-refractivity contribution in [2.45, 2.75) is 12.7 Å². The van der Waals surface area contributed by atoms with Gasteiger partial charge >= 0.3 is 17.5 Å². The van der Waals surface area contributed by atoms with Gasteiger partial charge in [-0.05, 0) is 24.1 Å². The van der Waals surface area contributed by atoms with Crippen molar-refractivity contribution < 1.29 is 29.4 Å². The molecule has 0 N–H and O–H groups in total. The van der Waals surface area contributed by atoms with E-state index in [2.05, 4.69) is 16.8 Å². The molecule has 102 valence electrons. The summed E-state index contributed by atoms with van der Waals surface area (Å²) in [5.74, 6) is -0.750. The Bertz CT molecular complexity index is 556. The van der Waals surface area contributed by atoms with Gasteiger partial charge in [0.2, 0.25) is 0 Å². The van der Waals surface area contributed by atoms with Gasteiger partial charge in [0, 0.05) is 5.75 Å². The molecule has 18 heavy (non-hydrogen) atoms. The molecule has 10 heteroatoms. The molecule has 0 aromatic heterocycles. The molecule has 0 aliphatic heterocycles. The maximum atomic E-state index is 12.7. The fourth-order valence-corrected chi connectivity index (χ4v) is 1.96. The summed E-state index contributed by atoms with van der Waals surface area (Å²) in [6.45, 7) is -4.35. The Hall–Kier alpha value is -0.895. The molecule has 0 unspecified atom stereocenters. The lowest BCUT2D eigenvalue weighted by atomic mass is 9.76. The maximum Gasteiger partial charge on any atom is 0.510 e. The quantitative estimate of drug-likeness (QED) is 0.401. The van der Waals surface area contributed by atoms with E-state index in [0.717, 1.165) is 19.1 Å². The van der Waals surface area contributed by atoms with Gasteiger partial charge in [-0.1, -0.05) is 9.95 Å². The molecule has 0 radical (unpaired) electrons. The zero-order valence-corrected chi connectivity index (χ0v) is 10.7. The smallest absolute Gasteiger partial charge is 0.445 e. The number of rotatable bonds is 4. The molecule has 0 amide bonds. The molecule has 1 aromatic carbocycles. The number of halogens is 4. The van der Waals surface area contributed by atoms with Gasteiger partial charge in [-0.3, -0.25) is 0 Å². The minimum Gasteiger partial charge on any atom is -0.445 e. The van der Waals surface area contributed by atoms with Crippen molar-refractivity contribution in [2.75, 3.05) is 0 Å². The highest BCUT2D eigenvalue weighted by molar-refractivity contribution is 7.81. The summed E-state index contributed by atoms with van der Waals surface area (Å²) in [5.41, 5.74) is -1.42. The van der Waals surface area contributed by atoms with Crippen molar-refractivity contribution in [3.05, 3.63) is 23.3 Å². The number of hydrogen-bond acceptors (Lipinski definition) is 4. The van der Waals surface area contributed by atoms with E-state index in [4.69, 9.17) is 0 Å². The van der Waals surface area contributed by atoms with Crippen LogP contribution in [0.15, 0.2) is 12.1 Å². The molecule has 1 aromatic rings. The SMILES string of the molecule is Cc1c(OS(=O)(=O)F)cc(CS)cc1[B-](F)(F)F. The summed E-state index contributed by atoms with van der Waals surface area (Å²) in [7, 11) is -5.37. The topological polar surface area (TPSA) is 43.4 Å². The van der Waals surface area contributed by atoms with Crippen molar-refractivity contribution in [2.24, 2.45) is 0 Å². The Kier molecular flexibility index (Phi) is 4.21. The van der Waals surface area contributed by atoms with Crippen LogP contribution in [0, 0.1) is 6.92 Å². The van der Waals surface area contributed by atoms with Crippen LogP contribution in [0.5, 0.6) is 5.75 Å². The second kappa shape index (κ2) is 5.00. The molecule has 0 spiro atoms. The molecule has 0 fully saturated rings. The van der Waals surface area contributed by atoms with Gasteiger partial charge in [-0.2, -0.15) is 21.0 Å². The molecule has 0 atom stereocenters. The Labute approximate surface area is 107 Å². The molecule has 0 saturated heterocycles. The summed E-state index contributed by atoms with van der Waals surface area (Å²) in [4.78, 5) is 0. The monoisotopic (exact) mass is 303 g/mol. The first-order chi connectivity index (χ1) is 8.04. The van der Waals surface area contributed by atoms with Gasteiger partial charge in [0.15, 0.2) is 0 Å². The molecule has 0 saturated carbocycles. The van der Waals surface area contributed by atoms with Crippen LogP contribution in [0.2, 0.25) is 0 Å². The summed E-state index contributed by atoms with van der Waals surface area (Å²) < 4.78 is 75.1. The minimum atomic E-state index is -5.37. The Morgan fingerprint density at radius 2 is 1.89 bits per heavy atom. The van der Waals surface area contributed by atoms with Gasteiger partial charge in [-0.25, -0.2) is 0 Å². The van der Waals surface area contributed by atoms with E-state index in [-0.39, 0.29) is 11.3 Å². The van der Waals surface area contributed by atoms with E-state index in [0.29, 0.717) is 0 Å². The van der Waals surface area contributed by atoms with Crippen LogP contribution in [0.4, 0.5) is 16.8 Å². The molecular formula is C8H8BF4O3S2-. The second-order valence-electron chi connectivity index (χ2n) is 3.52. The van der Waals surface area contributed by atoms with E-state index >= 15 is 0 Å². The highest BCUT2D eigenvalue weighted by Crippen LogP contribution is 2.25. The largest absolute Gasteiger partial charge is 0.510 e. The van der Waals surface area contributed by atoms with E-state index in [1.807, 2.05) is 0 Å². The Morgan fingerprint density at radius 1 is 1.33 bits per heavy atom. The summed E-state index contributed by atoms with van der Waals surface area (Å²) in [5, 5.41) is 0. The fourth-order valence-electron chi connectivity index (χ4n) is 1.39. The van der Waals surface area contributed by atoms with Crippen molar-refractivity contribution in [3.63, 3.8) is 0 Å². The molecule has 0 heterocycles. The molecule has 1 rings (SSSR count). The van der Waals surface area contributed by atoms with Crippen LogP contribution in [0.1, 0.15) is 11.1 Å². The zero-order valence-electron chi connectivity index (χ0n) is 9.03. The summed E-state index contributed by atoms with van der Waals surface area (Å²) in [6.07, 6.45) is 0. The number of benzene rings is 1. The molecule has 0 aliphatic rings. The summed E-state index contributed by atoms with van der Waals surface area (Å²) >= 11 is 3.79. The number of hydrogen-bond donors (Lipinski definition) is 1. The van der Waals surface area contributed by atoms with Gasteiger partial charge in [0.05, 0.1) is 0 Å². The fraction of sp³-hybridized carbons (Fsp3) is 0.250. The van der Waals surface area contributed by atoms with E-state index < -0.39 is 34.3 Å². The highest BCUT2D eigenvalue weighted by Gasteiger charge is 2.30. The Morgan fingerprint density at radius 3 is 2.28 bits per heavy atom. The third-order valence-electron chi connectivity index (χ3n) is 2.18. The maximum absolute atomic E-state index is 12.7. The van der Waals surface area contributed by atoms with Crippen LogP contribution < -0.4 is 9.65 Å². The van der Waals surface area contributed by atoms with E-state index in [9.17, 15) is 25.3 Å². The van der Waals surface area contributed by atoms with Crippen LogP contribution >= 0.6 is 12.6 Å². The third-order valence-corrected chi connectivity index (χ3v) is 2.93. The van der Waals surface area contributed by atoms with Crippen molar-refractivity contribution in [1.82, 2.24) is 0 Å². The number of thiol groups is 1. The van der Waals surface area contributed by atoms with Crippen molar-refractivity contribution in [1.29, 1.82) is 0 Å². The van der Waals surface area contributed by atoms with Crippen LogP contribution in [-0.2, 0) is 16.3 Å². The van der Waals surface area contributed by atoms with Crippen molar-refractivity contribution in [3.8, 4) is 5.75 Å². The minimum absolute atomic E-state index is 0.0673. The lowest BCUT2D eigenvalue weighted by Crippen LogP contribution is -2.36. The van der Waals surface area contributed by atoms with E-state index in [1.54, 1.807) is 0 Å². The third kappa shape index (κ3) is 3.80. The molecule has 3 nitrogen and oxygen atoms in total. The molecular weight excluding hydrogens is 295 g/mol. The second-order valence-corrected chi connectivity index (χ2v) is 4.79. The van der Waals surface area contributed by atoms with Crippen LogP contribution in [0.3, 0.4) is 0 Å².